The van der Waals surface area contributed by atoms with Crippen molar-refractivity contribution in [2.45, 2.75) is 26.7 Å². The Hall–Kier alpha value is 0.240. The maximum Gasteiger partial charge on any atom is -0.00426 e. The van der Waals surface area contributed by atoms with E-state index in [1.807, 2.05) is 0 Å². The Morgan fingerprint density at radius 2 is 1.21 bits per heavy atom. The number of halogens is 2. The lowest BCUT2D eigenvalue weighted by atomic mass is 9.77. The summed E-state index contributed by atoms with van der Waals surface area (Å²) >= 11 is 0. The van der Waals surface area contributed by atoms with E-state index < -0.39 is 0 Å². The molecule has 0 spiro atoms. The van der Waals surface area contributed by atoms with E-state index in [4.69, 9.17) is 11.5 Å². The van der Waals surface area contributed by atoms with Gasteiger partial charge in [0.05, 0.1) is 0 Å². The van der Waals surface area contributed by atoms with Gasteiger partial charge >= 0.3 is 0 Å². The van der Waals surface area contributed by atoms with Gasteiger partial charge in [-0.3, -0.25) is 0 Å². The minimum absolute atomic E-state index is 0. The van der Waals surface area contributed by atoms with Crippen LogP contribution in [0.15, 0.2) is 11.1 Å². The van der Waals surface area contributed by atoms with Crippen LogP contribution in [0.25, 0.3) is 0 Å². The van der Waals surface area contributed by atoms with Gasteiger partial charge in [-0.2, -0.15) is 0 Å². The van der Waals surface area contributed by atoms with Crippen LogP contribution >= 0.6 is 24.8 Å². The molecule has 4 heteroatoms. The Labute approximate surface area is 99.3 Å². The second-order valence-corrected chi connectivity index (χ2v) is 3.96. The largest absolute Gasteiger partial charge is 0.330 e. The molecule has 0 aromatic heterocycles. The maximum atomic E-state index is 5.70. The molecule has 0 aromatic carbocycles. The molecule has 1 aliphatic rings. The van der Waals surface area contributed by atoms with Crippen LogP contribution in [0.4, 0.5) is 0 Å². The first-order valence-corrected chi connectivity index (χ1v) is 4.74. The Morgan fingerprint density at radius 1 is 0.929 bits per heavy atom. The average molecular weight is 241 g/mol. The molecule has 1 rings (SSSR count). The Kier molecular flexibility index (Phi) is 8.95. The number of hydrogen-bond donors (Lipinski definition) is 2. The molecule has 0 radical (unpaired) electrons. The lowest BCUT2D eigenvalue weighted by molar-refractivity contribution is 0.321. The first kappa shape index (κ1) is 16.7. The number of hydrogen-bond acceptors (Lipinski definition) is 2. The molecule has 0 unspecified atom stereocenters. The summed E-state index contributed by atoms with van der Waals surface area (Å²) < 4.78 is 0. The van der Waals surface area contributed by atoms with Gasteiger partial charge in [0.15, 0.2) is 0 Å². The van der Waals surface area contributed by atoms with Gasteiger partial charge < -0.3 is 11.5 Å². The Bertz CT molecular complexity index is 173. The maximum absolute atomic E-state index is 5.70. The van der Waals surface area contributed by atoms with Gasteiger partial charge in [0.1, 0.15) is 0 Å². The summed E-state index contributed by atoms with van der Waals surface area (Å²) in [6, 6.07) is 0. The lowest BCUT2D eigenvalue weighted by Crippen LogP contribution is -2.32. The minimum atomic E-state index is 0. The van der Waals surface area contributed by atoms with E-state index in [2.05, 4.69) is 13.8 Å². The highest BCUT2D eigenvalue weighted by Gasteiger charge is 2.24. The van der Waals surface area contributed by atoms with Crippen LogP contribution in [0.1, 0.15) is 26.7 Å². The highest BCUT2D eigenvalue weighted by atomic mass is 35.5. The fraction of sp³-hybridized carbons (Fsp3) is 0.800. The predicted octanol–water partition coefficient (Wildman–Crippen LogP) is 2.11. The van der Waals surface area contributed by atoms with Crippen molar-refractivity contribution in [2.24, 2.45) is 23.3 Å². The molecule has 0 heterocycles. The third-order valence-electron chi connectivity index (χ3n) is 3.14. The number of nitrogens with two attached hydrogens (primary N) is 2. The number of allylic oxidation sites excluding steroid dienone is 2. The molecular formula is C10H22Cl2N2. The van der Waals surface area contributed by atoms with Crippen molar-refractivity contribution in [1.82, 2.24) is 0 Å². The molecule has 2 atom stereocenters. The highest BCUT2D eigenvalue weighted by Crippen LogP contribution is 2.32. The first-order chi connectivity index (χ1) is 5.69. The van der Waals surface area contributed by atoms with E-state index in [-0.39, 0.29) is 24.8 Å². The van der Waals surface area contributed by atoms with Gasteiger partial charge in [0, 0.05) is 0 Å². The molecule has 0 saturated heterocycles. The zero-order valence-electron chi connectivity index (χ0n) is 8.95. The summed E-state index contributed by atoms with van der Waals surface area (Å²) in [6.45, 7) is 5.99. The molecule has 86 valence electrons. The lowest BCUT2D eigenvalue weighted by Gasteiger charge is -2.31. The average Bonchev–Trinajstić information content (AvgIpc) is 2.09. The molecule has 0 saturated carbocycles. The van der Waals surface area contributed by atoms with E-state index in [0.29, 0.717) is 11.8 Å². The monoisotopic (exact) mass is 240 g/mol. The minimum Gasteiger partial charge on any atom is -0.330 e. The van der Waals surface area contributed by atoms with E-state index in [1.54, 1.807) is 0 Å². The fourth-order valence-electron chi connectivity index (χ4n) is 2.02. The summed E-state index contributed by atoms with van der Waals surface area (Å²) in [5, 5.41) is 0. The van der Waals surface area contributed by atoms with Crippen LogP contribution < -0.4 is 11.5 Å². The van der Waals surface area contributed by atoms with Gasteiger partial charge in [0.2, 0.25) is 0 Å². The van der Waals surface area contributed by atoms with Crippen LogP contribution in [0.3, 0.4) is 0 Å². The van der Waals surface area contributed by atoms with Crippen LogP contribution in [-0.4, -0.2) is 13.1 Å². The quantitative estimate of drug-likeness (QED) is 0.727. The van der Waals surface area contributed by atoms with Crippen molar-refractivity contribution >= 4 is 24.8 Å². The normalized spacial score (nSPS) is 26.6. The standard InChI is InChI=1S/C10H20N2.2ClH/c1-7-3-9(5-11)10(6-12)4-8(7)2;;/h9-10H,3-6,11-12H2,1-2H3;2*1H/t9-,10-;;/m0../s1. The zero-order chi connectivity index (χ0) is 9.14. The molecule has 2 nitrogen and oxygen atoms in total. The summed E-state index contributed by atoms with van der Waals surface area (Å²) in [4.78, 5) is 0. The van der Waals surface area contributed by atoms with E-state index in [1.165, 1.54) is 11.1 Å². The molecule has 0 fully saturated rings. The predicted molar refractivity (Wildman–Crippen MR) is 67.2 cm³/mol. The van der Waals surface area contributed by atoms with Gasteiger partial charge in [0.25, 0.3) is 0 Å². The summed E-state index contributed by atoms with van der Waals surface area (Å²) in [5.74, 6) is 1.25. The Balaban J connectivity index is 0. The SMILES string of the molecule is CC1=C(C)C[C@@H](CN)[C@H](CN)C1.Cl.Cl. The molecular weight excluding hydrogens is 219 g/mol. The molecule has 0 amide bonds. The topological polar surface area (TPSA) is 52.0 Å². The molecule has 14 heavy (non-hydrogen) atoms. The Morgan fingerprint density at radius 3 is 1.43 bits per heavy atom. The van der Waals surface area contributed by atoms with Crippen LogP contribution in [0, 0.1) is 11.8 Å². The highest BCUT2D eigenvalue weighted by molar-refractivity contribution is 5.85. The zero-order valence-corrected chi connectivity index (χ0v) is 10.6. The van der Waals surface area contributed by atoms with Crippen molar-refractivity contribution in [3.63, 3.8) is 0 Å². The summed E-state index contributed by atoms with van der Waals surface area (Å²) in [5.41, 5.74) is 14.4. The second kappa shape index (κ2) is 7.52. The van der Waals surface area contributed by atoms with Gasteiger partial charge in [-0.05, 0) is 51.6 Å². The third kappa shape index (κ3) is 3.77. The molecule has 4 N–H and O–H groups in total. The second-order valence-electron chi connectivity index (χ2n) is 3.96. The fourth-order valence-corrected chi connectivity index (χ4v) is 2.02. The van der Waals surface area contributed by atoms with E-state index >= 15 is 0 Å². The number of rotatable bonds is 2. The van der Waals surface area contributed by atoms with Gasteiger partial charge in [-0.25, -0.2) is 0 Å². The summed E-state index contributed by atoms with van der Waals surface area (Å²) in [6.07, 6.45) is 2.31. The van der Waals surface area contributed by atoms with E-state index in [0.717, 1.165) is 25.9 Å². The van der Waals surface area contributed by atoms with Crippen molar-refractivity contribution in [3.05, 3.63) is 11.1 Å². The van der Waals surface area contributed by atoms with Crippen molar-refractivity contribution < 1.29 is 0 Å². The van der Waals surface area contributed by atoms with Crippen LogP contribution in [0.2, 0.25) is 0 Å². The van der Waals surface area contributed by atoms with Crippen LogP contribution in [-0.2, 0) is 0 Å². The molecule has 0 bridgehead atoms. The van der Waals surface area contributed by atoms with Gasteiger partial charge in [-0.1, -0.05) is 11.1 Å². The molecule has 1 aliphatic carbocycles. The van der Waals surface area contributed by atoms with E-state index in [9.17, 15) is 0 Å². The van der Waals surface area contributed by atoms with Crippen molar-refractivity contribution in [2.75, 3.05) is 13.1 Å². The van der Waals surface area contributed by atoms with Crippen molar-refractivity contribution in [1.29, 1.82) is 0 Å². The third-order valence-corrected chi connectivity index (χ3v) is 3.14. The smallest absolute Gasteiger partial charge is 0.00426 e. The molecule has 0 aliphatic heterocycles. The van der Waals surface area contributed by atoms with Crippen molar-refractivity contribution in [3.8, 4) is 0 Å². The first-order valence-electron chi connectivity index (χ1n) is 4.74. The molecule has 0 aromatic rings. The summed E-state index contributed by atoms with van der Waals surface area (Å²) in [7, 11) is 0. The van der Waals surface area contributed by atoms with Crippen LogP contribution in [0.5, 0.6) is 0 Å². The van der Waals surface area contributed by atoms with Gasteiger partial charge in [-0.15, -0.1) is 24.8 Å².